The van der Waals surface area contributed by atoms with Gasteiger partial charge in [-0.15, -0.1) is 0 Å². The fraction of sp³-hybridized carbons (Fsp3) is 0.222. The summed E-state index contributed by atoms with van der Waals surface area (Å²) in [5, 5.41) is 0. The van der Waals surface area contributed by atoms with Crippen molar-refractivity contribution >= 4 is 21.8 Å². The Morgan fingerprint density at radius 3 is 2.38 bits per heavy atom. The molecule has 0 aliphatic heterocycles. The first kappa shape index (κ1) is 12.8. The summed E-state index contributed by atoms with van der Waals surface area (Å²) in [7, 11) is 1.24. The summed E-state index contributed by atoms with van der Waals surface area (Å²) in [6.45, 7) is 0. The van der Waals surface area contributed by atoms with Crippen LogP contribution < -0.4 is 10.5 Å². The minimum atomic E-state index is -4.56. The van der Waals surface area contributed by atoms with E-state index < -0.39 is 22.1 Å². The van der Waals surface area contributed by atoms with Gasteiger partial charge in [-0.05, 0) is 28.1 Å². The molecule has 7 heteroatoms. The molecule has 0 heterocycles. The van der Waals surface area contributed by atoms with E-state index in [0.717, 1.165) is 12.1 Å². The van der Waals surface area contributed by atoms with Crippen molar-refractivity contribution in [2.75, 3.05) is 7.11 Å². The molecule has 1 aromatic carbocycles. The van der Waals surface area contributed by atoms with Crippen LogP contribution >= 0.6 is 15.9 Å². The molecule has 16 heavy (non-hydrogen) atoms. The van der Waals surface area contributed by atoms with E-state index in [1.807, 2.05) is 0 Å². The Labute approximate surface area is 97.5 Å². The monoisotopic (exact) mass is 297 g/mol. The predicted octanol–water partition coefficient (Wildman–Crippen LogP) is 2.58. The first-order valence-corrected chi connectivity index (χ1v) is 4.81. The second kappa shape index (κ2) is 4.32. The Kier molecular flexibility index (Phi) is 3.47. The third-order valence-electron chi connectivity index (χ3n) is 1.88. The van der Waals surface area contributed by atoms with Crippen LogP contribution in [-0.2, 0) is 6.18 Å². The number of hydrogen-bond acceptors (Lipinski definition) is 2. The van der Waals surface area contributed by atoms with Crippen LogP contribution in [0, 0.1) is 0 Å². The summed E-state index contributed by atoms with van der Waals surface area (Å²) in [6, 6.07) is 1.86. The zero-order valence-corrected chi connectivity index (χ0v) is 9.65. The number of nitrogens with two attached hydrogens (primary N) is 1. The minimum absolute atomic E-state index is 0.00706. The van der Waals surface area contributed by atoms with E-state index in [9.17, 15) is 18.0 Å². The van der Waals surface area contributed by atoms with Gasteiger partial charge >= 0.3 is 6.18 Å². The molecule has 1 rings (SSSR count). The lowest BCUT2D eigenvalue weighted by atomic mass is 10.1. The van der Waals surface area contributed by atoms with Crippen molar-refractivity contribution in [3.63, 3.8) is 0 Å². The van der Waals surface area contributed by atoms with Crippen molar-refractivity contribution in [1.29, 1.82) is 0 Å². The Balaban J connectivity index is 3.50. The second-order valence-corrected chi connectivity index (χ2v) is 3.66. The minimum Gasteiger partial charge on any atom is -0.496 e. The summed E-state index contributed by atoms with van der Waals surface area (Å²) in [5.74, 6) is -0.998. The van der Waals surface area contributed by atoms with Crippen molar-refractivity contribution in [2.24, 2.45) is 5.73 Å². The molecule has 1 aromatic rings. The largest absolute Gasteiger partial charge is 0.496 e. The second-order valence-electron chi connectivity index (χ2n) is 2.87. The van der Waals surface area contributed by atoms with Crippen LogP contribution in [0.3, 0.4) is 0 Å². The third kappa shape index (κ3) is 2.29. The van der Waals surface area contributed by atoms with Gasteiger partial charge in [0.25, 0.3) is 5.91 Å². The molecule has 0 saturated heterocycles. The molecule has 0 bridgehead atoms. The molecule has 0 aromatic heterocycles. The van der Waals surface area contributed by atoms with Crippen LogP contribution in [0.2, 0.25) is 0 Å². The van der Waals surface area contributed by atoms with Gasteiger partial charge in [0.15, 0.2) is 0 Å². The maximum atomic E-state index is 12.5. The highest BCUT2D eigenvalue weighted by Crippen LogP contribution is 2.39. The summed E-state index contributed by atoms with van der Waals surface area (Å²) in [5.41, 5.74) is 3.69. The summed E-state index contributed by atoms with van der Waals surface area (Å²) >= 11 is 2.71. The average Bonchev–Trinajstić information content (AvgIpc) is 2.14. The van der Waals surface area contributed by atoms with E-state index in [4.69, 9.17) is 10.5 Å². The quantitative estimate of drug-likeness (QED) is 0.912. The summed E-state index contributed by atoms with van der Waals surface area (Å²) in [6.07, 6.45) is -4.56. The molecule has 0 fully saturated rings. The highest BCUT2D eigenvalue weighted by molar-refractivity contribution is 9.10. The molecule has 0 aliphatic carbocycles. The number of rotatable bonds is 2. The fourth-order valence-electron chi connectivity index (χ4n) is 1.18. The standard InChI is InChI=1S/C9H7BrF3NO2/c1-16-5-3-2-4(9(11,12)13)7(10)6(5)8(14)15/h2-3H,1H3,(H2,14,15). The Morgan fingerprint density at radius 2 is 2.00 bits per heavy atom. The fourth-order valence-corrected chi connectivity index (χ4v) is 1.92. The highest BCUT2D eigenvalue weighted by atomic mass is 79.9. The Hall–Kier alpha value is -1.24. The Morgan fingerprint density at radius 1 is 1.44 bits per heavy atom. The van der Waals surface area contributed by atoms with Gasteiger partial charge in [-0.2, -0.15) is 13.2 Å². The molecule has 0 saturated carbocycles. The van der Waals surface area contributed by atoms with Crippen molar-refractivity contribution in [1.82, 2.24) is 0 Å². The van der Waals surface area contributed by atoms with Gasteiger partial charge in [0.1, 0.15) is 5.75 Å². The topological polar surface area (TPSA) is 52.3 Å². The van der Waals surface area contributed by atoms with E-state index >= 15 is 0 Å². The molecule has 1 amide bonds. The van der Waals surface area contributed by atoms with E-state index in [0.29, 0.717) is 0 Å². The van der Waals surface area contributed by atoms with Gasteiger partial charge in [-0.3, -0.25) is 4.79 Å². The number of benzene rings is 1. The molecule has 0 unspecified atom stereocenters. The van der Waals surface area contributed by atoms with Crippen molar-refractivity contribution in [3.05, 3.63) is 27.7 Å². The van der Waals surface area contributed by atoms with Crippen LogP contribution in [-0.4, -0.2) is 13.0 Å². The van der Waals surface area contributed by atoms with Gasteiger partial charge < -0.3 is 10.5 Å². The number of ether oxygens (including phenoxy) is 1. The van der Waals surface area contributed by atoms with Crippen LogP contribution in [0.15, 0.2) is 16.6 Å². The highest BCUT2D eigenvalue weighted by Gasteiger charge is 2.35. The van der Waals surface area contributed by atoms with Crippen molar-refractivity contribution in [2.45, 2.75) is 6.18 Å². The lowest BCUT2D eigenvalue weighted by Crippen LogP contribution is -2.16. The zero-order chi connectivity index (χ0) is 12.5. The molecular weight excluding hydrogens is 291 g/mol. The van der Waals surface area contributed by atoms with Gasteiger partial charge in [-0.25, -0.2) is 0 Å². The first-order valence-electron chi connectivity index (χ1n) is 4.02. The smallest absolute Gasteiger partial charge is 0.417 e. The van der Waals surface area contributed by atoms with Crippen LogP contribution in [0.5, 0.6) is 5.75 Å². The van der Waals surface area contributed by atoms with Gasteiger partial charge in [0, 0.05) is 4.47 Å². The van der Waals surface area contributed by atoms with Crippen LogP contribution in [0.1, 0.15) is 15.9 Å². The van der Waals surface area contributed by atoms with Gasteiger partial charge in [0.05, 0.1) is 18.2 Å². The molecule has 0 spiro atoms. The lowest BCUT2D eigenvalue weighted by Gasteiger charge is -2.13. The molecule has 2 N–H and O–H groups in total. The van der Waals surface area contributed by atoms with Crippen LogP contribution in [0.25, 0.3) is 0 Å². The zero-order valence-electron chi connectivity index (χ0n) is 8.06. The molecule has 0 aliphatic rings. The molecule has 0 radical (unpaired) electrons. The number of alkyl halides is 3. The first-order chi connectivity index (χ1) is 7.29. The molecular formula is C9H7BrF3NO2. The number of methoxy groups -OCH3 is 1. The normalized spacial score (nSPS) is 11.3. The predicted molar refractivity (Wildman–Crippen MR) is 54.2 cm³/mol. The number of primary amides is 1. The molecule has 3 nitrogen and oxygen atoms in total. The number of carbonyl (C=O) groups excluding carboxylic acids is 1. The maximum Gasteiger partial charge on any atom is 0.417 e. The Bertz CT molecular complexity index is 431. The summed E-state index contributed by atoms with van der Waals surface area (Å²) in [4.78, 5) is 11.0. The van der Waals surface area contributed by atoms with Crippen LogP contribution in [0.4, 0.5) is 13.2 Å². The average molecular weight is 298 g/mol. The number of hydrogen-bond donors (Lipinski definition) is 1. The van der Waals surface area contributed by atoms with Crippen molar-refractivity contribution in [3.8, 4) is 5.75 Å². The number of halogens is 4. The van der Waals surface area contributed by atoms with Gasteiger partial charge in [0.2, 0.25) is 0 Å². The van der Waals surface area contributed by atoms with Gasteiger partial charge in [-0.1, -0.05) is 0 Å². The summed E-state index contributed by atoms with van der Waals surface area (Å²) < 4.78 is 41.9. The van der Waals surface area contributed by atoms with E-state index in [1.54, 1.807) is 0 Å². The van der Waals surface area contributed by atoms with E-state index in [-0.39, 0.29) is 11.3 Å². The number of amides is 1. The molecule has 88 valence electrons. The SMILES string of the molecule is COc1ccc(C(F)(F)F)c(Br)c1C(N)=O. The maximum absolute atomic E-state index is 12.5. The third-order valence-corrected chi connectivity index (χ3v) is 2.70. The van der Waals surface area contributed by atoms with E-state index in [2.05, 4.69) is 15.9 Å². The van der Waals surface area contributed by atoms with E-state index in [1.165, 1.54) is 7.11 Å². The number of carbonyl (C=O) groups is 1. The van der Waals surface area contributed by atoms with Crippen molar-refractivity contribution < 1.29 is 22.7 Å². The molecule has 0 atom stereocenters. The lowest BCUT2D eigenvalue weighted by molar-refractivity contribution is -0.138.